The molecule has 0 spiro atoms. The Labute approximate surface area is 146 Å². The average Bonchev–Trinajstić information content (AvgIpc) is 2.97. The first kappa shape index (κ1) is 15.6. The van der Waals surface area contributed by atoms with E-state index in [0.29, 0.717) is 5.78 Å². The molecule has 0 bridgehead atoms. The fraction of sp³-hybridized carbons (Fsp3) is 0.250. The van der Waals surface area contributed by atoms with Crippen molar-refractivity contribution < 1.29 is 0 Å². The summed E-state index contributed by atoms with van der Waals surface area (Å²) in [5.41, 5.74) is 2.19. The second-order valence-corrected chi connectivity index (χ2v) is 7.46. The van der Waals surface area contributed by atoms with Crippen LogP contribution in [0.15, 0.2) is 54.6 Å². The highest BCUT2D eigenvalue weighted by Gasteiger charge is 2.19. The monoisotopic (exact) mass is 331 g/mol. The summed E-state index contributed by atoms with van der Waals surface area (Å²) in [7, 11) is 0. The van der Waals surface area contributed by atoms with Crippen LogP contribution < -0.4 is 5.32 Å². The van der Waals surface area contributed by atoms with Gasteiger partial charge in [-0.2, -0.15) is 4.98 Å². The first-order valence-corrected chi connectivity index (χ1v) is 8.46. The van der Waals surface area contributed by atoms with Crippen LogP contribution in [0.1, 0.15) is 26.6 Å². The van der Waals surface area contributed by atoms with Crippen molar-refractivity contribution in [2.45, 2.75) is 27.2 Å². The van der Waals surface area contributed by atoms with E-state index in [9.17, 15) is 0 Å². The van der Waals surface area contributed by atoms with E-state index in [0.717, 1.165) is 34.7 Å². The molecule has 0 saturated heterocycles. The molecule has 2 aromatic carbocycles. The molecule has 0 atom stereocenters. The van der Waals surface area contributed by atoms with Gasteiger partial charge in [-0.1, -0.05) is 51.1 Å². The zero-order chi connectivity index (χ0) is 17.4. The lowest BCUT2D eigenvalue weighted by Crippen LogP contribution is -2.12. The smallest absolute Gasteiger partial charge is 0.257 e. The molecule has 0 amide bonds. The topological polar surface area (TPSA) is 55.1 Å². The van der Waals surface area contributed by atoms with Gasteiger partial charge in [0.1, 0.15) is 11.6 Å². The van der Waals surface area contributed by atoms with Crippen LogP contribution in [0.5, 0.6) is 0 Å². The summed E-state index contributed by atoms with van der Waals surface area (Å²) in [5, 5.41) is 13.2. The van der Waals surface area contributed by atoms with Crippen molar-refractivity contribution in [2.75, 3.05) is 5.32 Å². The van der Waals surface area contributed by atoms with Gasteiger partial charge in [0, 0.05) is 17.5 Å². The number of fused-ring (bicyclic) bond motifs is 3. The van der Waals surface area contributed by atoms with Gasteiger partial charge in [0.2, 0.25) is 0 Å². The molecule has 5 heteroatoms. The number of aromatic nitrogens is 4. The molecule has 0 radical (unpaired) electrons. The number of benzene rings is 2. The van der Waals surface area contributed by atoms with Crippen molar-refractivity contribution in [1.82, 2.24) is 19.6 Å². The second-order valence-electron chi connectivity index (χ2n) is 7.46. The Morgan fingerprint density at radius 3 is 2.40 bits per heavy atom. The van der Waals surface area contributed by atoms with Crippen molar-refractivity contribution in [3.05, 3.63) is 60.4 Å². The number of hydrogen-bond donors (Lipinski definition) is 1. The summed E-state index contributed by atoms with van der Waals surface area (Å²) in [5.74, 6) is 2.36. The minimum absolute atomic E-state index is 0.130. The number of anilines is 2. The number of rotatable bonds is 3. The van der Waals surface area contributed by atoms with Crippen molar-refractivity contribution in [2.24, 2.45) is 5.41 Å². The van der Waals surface area contributed by atoms with Crippen LogP contribution in [0, 0.1) is 5.41 Å². The van der Waals surface area contributed by atoms with E-state index in [2.05, 4.69) is 52.8 Å². The summed E-state index contributed by atoms with van der Waals surface area (Å²) in [4.78, 5) is 4.73. The number of nitrogens with one attached hydrogen (secondary N) is 1. The van der Waals surface area contributed by atoms with Crippen molar-refractivity contribution in [3.8, 4) is 0 Å². The third-order valence-electron chi connectivity index (χ3n) is 4.05. The maximum atomic E-state index is 4.73. The average molecular weight is 331 g/mol. The van der Waals surface area contributed by atoms with Crippen molar-refractivity contribution in [1.29, 1.82) is 0 Å². The van der Waals surface area contributed by atoms with Crippen LogP contribution in [-0.2, 0) is 6.42 Å². The molecular formula is C20H21N5. The number of para-hydroxylation sites is 2. The Kier molecular flexibility index (Phi) is 3.64. The molecule has 4 aromatic rings. The van der Waals surface area contributed by atoms with E-state index in [1.54, 1.807) is 0 Å². The van der Waals surface area contributed by atoms with Gasteiger partial charge in [-0.25, -0.2) is 0 Å². The molecule has 2 aromatic heterocycles. The number of hydrogen-bond acceptors (Lipinski definition) is 4. The minimum atomic E-state index is 0.130. The van der Waals surface area contributed by atoms with E-state index in [-0.39, 0.29) is 5.41 Å². The molecule has 0 saturated carbocycles. The van der Waals surface area contributed by atoms with Crippen LogP contribution in [-0.4, -0.2) is 19.6 Å². The van der Waals surface area contributed by atoms with Gasteiger partial charge in [0.05, 0.1) is 5.52 Å². The molecule has 2 heterocycles. The standard InChI is InChI=1S/C20H21N5/c1-20(2,3)13-17-23-24-19-22-18(21-14-9-5-4-6-10-14)15-11-7-8-12-16(15)25(17)19/h4-12H,13H2,1-3H3,(H,21,22,24). The Bertz CT molecular complexity index is 1030. The number of nitrogens with zero attached hydrogens (tertiary/aromatic N) is 4. The van der Waals surface area contributed by atoms with E-state index in [1.807, 2.05) is 42.5 Å². The molecule has 4 rings (SSSR count). The lowest BCUT2D eigenvalue weighted by molar-refractivity contribution is 0.399. The van der Waals surface area contributed by atoms with Crippen LogP contribution >= 0.6 is 0 Å². The fourth-order valence-corrected chi connectivity index (χ4v) is 3.00. The lowest BCUT2D eigenvalue weighted by Gasteiger charge is -2.17. The SMILES string of the molecule is CC(C)(C)Cc1nnc2nc(Nc3ccccc3)c3ccccc3n12. The summed E-state index contributed by atoms with van der Waals surface area (Å²) < 4.78 is 2.07. The fourth-order valence-electron chi connectivity index (χ4n) is 3.00. The molecule has 0 aliphatic rings. The quantitative estimate of drug-likeness (QED) is 0.595. The van der Waals surface area contributed by atoms with E-state index < -0.39 is 0 Å². The predicted molar refractivity (Wildman–Crippen MR) is 101 cm³/mol. The highest BCUT2D eigenvalue weighted by Crippen LogP contribution is 2.28. The molecule has 126 valence electrons. The first-order valence-electron chi connectivity index (χ1n) is 8.46. The Morgan fingerprint density at radius 2 is 1.64 bits per heavy atom. The predicted octanol–water partition coefficient (Wildman–Crippen LogP) is 4.61. The van der Waals surface area contributed by atoms with Gasteiger partial charge in [-0.3, -0.25) is 4.40 Å². The Balaban J connectivity index is 1.91. The zero-order valence-electron chi connectivity index (χ0n) is 14.7. The van der Waals surface area contributed by atoms with Crippen LogP contribution in [0.3, 0.4) is 0 Å². The molecule has 0 fully saturated rings. The van der Waals surface area contributed by atoms with Crippen molar-refractivity contribution >= 4 is 28.2 Å². The maximum Gasteiger partial charge on any atom is 0.257 e. The third kappa shape index (κ3) is 3.05. The summed E-state index contributed by atoms with van der Waals surface area (Å²) in [6, 6.07) is 18.3. The van der Waals surface area contributed by atoms with E-state index in [4.69, 9.17) is 4.98 Å². The molecular weight excluding hydrogens is 310 g/mol. The summed E-state index contributed by atoms with van der Waals surface area (Å²) >= 11 is 0. The largest absolute Gasteiger partial charge is 0.340 e. The van der Waals surface area contributed by atoms with Crippen molar-refractivity contribution in [3.63, 3.8) is 0 Å². The van der Waals surface area contributed by atoms with E-state index >= 15 is 0 Å². The first-order chi connectivity index (χ1) is 12.0. The molecule has 0 aliphatic carbocycles. The lowest BCUT2D eigenvalue weighted by atomic mass is 9.92. The van der Waals surface area contributed by atoms with Gasteiger partial charge in [-0.05, 0) is 29.7 Å². The van der Waals surface area contributed by atoms with Gasteiger partial charge < -0.3 is 5.32 Å². The molecule has 1 N–H and O–H groups in total. The Morgan fingerprint density at radius 1 is 0.920 bits per heavy atom. The normalized spacial score (nSPS) is 12.0. The molecule has 0 aliphatic heterocycles. The van der Waals surface area contributed by atoms with Gasteiger partial charge in [-0.15, -0.1) is 10.2 Å². The summed E-state index contributed by atoms with van der Waals surface area (Å²) in [6.45, 7) is 6.61. The second kappa shape index (κ2) is 5.84. The molecule has 5 nitrogen and oxygen atoms in total. The summed E-state index contributed by atoms with van der Waals surface area (Å²) in [6.07, 6.45) is 0.839. The van der Waals surface area contributed by atoms with Crippen LogP contribution in [0.25, 0.3) is 16.7 Å². The zero-order valence-corrected chi connectivity index (χ0v) is 14.7. The highest BCUT2D eigenvalue weighted by atomic mass is 15.3. The molecule has 0 unspecified atom stereocenters. The van der Waals surface area contributed by atoms with E-state index in [1.165, 1.54) is 0 Å². The Hall–Kier alpha value is -2.95. The van der Waals surface area contributed by atoms with Gasteiger partial charge in [0.15, 0.2) is 0 Å². The third-order valence-corrected chi connectivity index (χ3v) is 4.05. The highest BCUT2D eigenvalue weighted by molar-refractivity contribution is 5.92. The molecule has 25 heavy (non-hydrogen) atoms. The van der Waals surface area contributed by atoms with Gasteiger partial charge >= 0.3 is 0 Å². The van der Waals surface area contributed by atoms with Crippen LogP contribution in [0.2, 0.25) is 0 Å². The van der Waals surface area contributed by atoms with Crippen LogP contribution in [0.4, 0.5) is 11.5 Å². The minimum Gasteiger partial charge on any atom is -0.340 e. The van der Waals surface area contributed by atoms with Gasteiger partial charge in [0.25, 0.3) is 5.78 Å². The maximum absolute atomic E-state index is 4.73.